The van der Waals surface area contributed by atoms with Gasteiger partial charge in [0.05, 0.1) is 0 Å². The van der Waals surface area contributed by atoms with E-state index in [4.69, 9.17) is 8.83 Å². The first-order chi connectivity index (χ1) is 10.7. The van der Waals surface area contributed by atoms with Gasteiger partial charge in [-0.2, -0.15) is 0 Å². The van der Waals surface area contributed by atoms with E-state index in [9.17, 15) is 0 Å². The van der Waals surface area contributed by atoms with Gasteiger partial charge in [-0.1, -0.05) is 21.4 Å². The Morgan fingerprint density at radius 2 is 1.36 bits per heavy atom. The van der Waals surface area contributed by atoms with Crippen molar-refractivity contribution < 1.29 is 8.83 Å². The molecule has 0 fully saturated rings. The quantitative estimate of drug-likeness (QED) is 0.581. The molecule has 0 aliphatic heterocycles. The Labute approximate surface area is 131 Å². The number of rotatable bonds is 0. The van der Waals surface area contributed by atoms with Crippen molar-refractivity contribution in [2.45, 2.75) is 32.6 Å². The van der Waals surface area contributed by atoms with Crippen molar-refractivity contribution in [1.82, 2.24) is 0 Å². The van der Waals surface area contributed by atoms with Gasteiger partial charge in [-0.3, -0.25) is 0 Å². The molecule has 0 N–H and O–H groups in total. The normalized spacial score (nSPS) is 15.0. The van der Waals surface area contributed by atoms with Crippen LogP contribution in [-0.2, 0) is 25.7 Å². The minimum atomic E-state index is 0.934. The molecule has 2 aliphatic carbocycles. The second-order valence-electron chi connectivity index (χ2n) is 6.30. The number of fused-ring (bicyclic) bond motifs is 7. The zero-order valence-corrected chi connectivity index (χ0v) is 13.7. The zero-order valence-electron chi connectivity index (χ0n) is 12.5. The fraction of sp³-hybridized carbons (Fsp3) is 0.263. The van der Waals surface area contributed by atoms with E-state index in [-0.39, 0.29) is 0 Å². The van der Waals surface area contributed by atoms with Gasteiger partial charge in [0.1, 0.15) is 22.8 Å². The van der Waals surface area contributed by atoms with Crippen LogP contribution in [0.4, 0.5) is 0 Å². The molecule has 2 nitrogen and oxygen atoms in total. The molecule has 0 radical (unpaired) electrons. The number of benzene rings is 1. The van der Waals surface area contributed by atoms with Crippen molar-refractivity contribution in [3.05, 3.63) is 52.7 Å². The van der Waals surface area contributed by atoms with Crippen molar-refractivity contribution in [3.8, 4) is 22.3 Å². The van der Waals surface area contributed by atoms with Crippen molar-refractivity contribution >= 4 is 14.7 Å². The molecule has 0 saturated heterocycles. The van der Waals surface area contributed by atoms with Crippen LogP contribution < -0.4 is 5.50 Å². The third-order valence-electron chi connectivity index (χ3n) is 4.98. The molecule has 2 aromatic heterocycles. The van der Waals surface area contributed by atoms with Gasteiger partial charge >= 0.3 is 0 Å². The highest BCUT2D eigenvalue weighted by atomic mass is 31.0. The lowest BCUT2D eigenvalue weighted by Crippen LogP contribution is -2.10. The largest absolute Gasteiger partial charge is 0.466 e. The number of hydrogen-bond acceptors (Lipinski definition) is 2. The first-order valence-electron chi connectivity index (χ1n) is 7.83. The summed E-state index contributed by atoms with van der Waals surface area (Å²) >= 11 is 0. The molecule has 3 aromatic rings. The van der Waals surface area contributed by atoms with E-state index in [1.165, 1.54) is 33.4 Å². The fourth-order valence-electron chi connectivity index (χ4n) is 4.09. The molecule has 0 spiro atoms. The van der Waals surface area contributed by atoms with E-state index in [1.54, 1.807) is 0 Å². The van der Waals surface area contributed by atoms with Crippen molar-refractivity contribution in [2.24, 2.45) is 0 Å². The summed E-state index contributed by atoms with van der Waals surface area (Å²) in [6.07, 6.45) is 4.18. The first kappa shape index (κ1) is 12.7. The molecule has 110 valence electrons. The van der Waals surface area contributed by atoms with E-state index in [2.05, 4.69) is 33.5 Å². The van der Waals surface area contributed by atoms with Crippen molar-refractivity contribution in [1.29, 1.82) is 0 Å². The molecule has 1 aromatic carbocycles. The average molecular weight is 308 g/mol. The standard InChI is InChI=1S/C19H17O2P/c1-10-8-15-13-2-3-14-12(11(13)4-6-17(15)20-10)5-7-18-16(14)9-19(22)21-18/h2-3,8-9H,4-7,22H2,1H3. The molecule has 0 amide bonds. The van der Waals surface area contributed by atoms with Crippen LogP contribution in [0, 0.1) is 6.92 Å². The summed E-state index contributed by atoms with van der Waals surface area (Å²) < 4.78 is 11.7. The van der Waals surface area contributed by atoms with Gasteiger partial charge < -0.3 is 8.83 Å². The lowest BCUT2D eigenvalue weighted by molar-refractivity contribution is 0.481. The monoisotopic (exact) mass is 308 g/mol. The Morgan fingerprint density at radius 3 is 2.05 bits per heavy atom. The van der Waals surface area contributed by atoms with Crippen LogP contribution in [0.1, 0.15) is 28.4 Å². The molecular formula is C19H17O2P. The molecule has 2 heterocycles. The van der Waals surface area contributed by atoms with Crippen molar-refractivity contribution in [3.63, 3.8) is 0 Å². The second-order valence-corrected chi connectivity index (χ2v) is 6.87. The van der Waals surface area contributed by atoms with Gasteiger partial charge in [-0.05, 0) is 54.2 Å². The van der Waals surface area contributed by atoms with Gasteiger partial charge in [0.15, 0.2) is 0 Å². The predicted octanol–water partition coefficient (Wildman–Crippen LogP) is 4.21. The topological polar surface area (TPSA) is 26.3 Å². The van der Waals surface area contributed by atoms with Crippen LogP contribution in [0.5, 0.6) is 0 Å². The van der Waals surface area contributed by atoms with E-state index < -0.39 is 0 Å². The SMILES string of the molecule is Cc1cc2c(o1)CCc1c-2ccc2c1CCc1oc(P)cc1-2. The molecule has 0 bridgehead atoms. The summed E-state index contributed by atoms with van der Waals surface area (Å²) in [4.78, 5) is 0. The number of aryl methyl sites for hydroxylation is 3. The van der Waals surface area contributed by atoms with E-state index in [1.807, 2.05) is 6.92 Å². The van der Waals surface area contributed by atoms with Gasteiger partial charge in [-0.15, -0.1) is 0 Å². The van der Waals surface area contributed by atoms with E-state index >= 15 is 0 Å². The maximum atomic E-state index is 5.85. The maximum absolute atomic E-state index is 5.85. The molecule has 0 saturated carbocycles. The minimum Gasteiger partial charge on any atom is -0.466 e. The van der Waals surface area contributed by atoms with Gasteiger partial charge in [0.25, 0.3) is 0 Å². The Hall–Kier alpha value is -1.79. The highest BCUT2D eigenvalue weighted by Crippen LogP contribution is 2.43. The summed E-state index contributed by atoms with van der Waals surface area (Å²) in [5.74, 6) is 3.30. The Balaban J connectivity index is 1.76. The number of furan rings is 2. The smallest absolute Gasteiger partial charge is 0.120 e. The van der Waals surface area contributed by atoms with Crippen LogP contribution in [0.15, 0.2) is 33.1 Å². The lowest BCUT2D eigenvalue weighted by atomic mass is 9.79. The lowest BCUT2D eigenvalue weighted by Gasteiger charge is -2.24. The van der Waals surface area contributed by atoms with Gasteiger partial charge in [0.2, 0.25) is 0 Å². The van der Waals surface area contributed by atoms with Crippen LogP contribution in [0.25, 0.3) is 22.3 Å². The molecule has 1 unspecified atom stereocenters. The van der Waals surface area contributed by atoms with E-state index in [0.717, 1.165) is 48.5 Å². The molecule has 2 aliphatic rings. The van der Waals surface area contributed by atoms with E-state index in [0.29, 0.717) is 0 Å². The summed E-state index contributed by atoms with van der Waals surface area (Å²) in [6, 6.07) is 8.88. The Morgan fingerprint density at radius 1 is 0.773 bits per heavy atom. The first-order valence-corrected chi connectivity index (χ1v) is 8.41. The van der Waals surface area contributed by atoms with Gasteiger partial charge in [-0.25, -0.2) is 0 Å². The van der Waals surface area contributed by atoms with Crippen LogP contribution in [-0.4, -0.2) is 0 Å². The minimum absolute atomic E-state index is 0.934. The van der Waals surface area contributed by atoms with Gasteiger partial charge in [0, 0.05) is 24.0 Å². The molecule has 3 heteroatoms. The fourth-order valence-corrected chi connectivity index (χ4v) is 4.39. The molecular weight excluding hydrogens is 291 g/mol. The van der Waals surface area contributed by atoms with Crippen LogP contribution in [0.2, 0.25) is 0 Å². The van der Waals surface area contributed by atoms with Crippen LogP contribution in [0.3, 0.4) is 0 Å². The second kappa shape index (κ2) is 4.36. The number of hydrogen-bond donors (Lipinski definition) is 0. The zero-order chi connectivity index (χ0) is 14.8. The molecule has 5 rings (SSSR count). The third-order valence-corrected chi connectivity index (χ3v) is 5.26. The highest BCUT2D eigenvalue weighted by Gasteiger charge is 2.27. The molecule has 1 atom stereocenters. The summed E-state index contributed by atoms with van der Waals surface area (Å²) in [7, 11) is 2.67. The summed E-state index contributed by atoms with van der Waals surface area (Å²) in [6.45, 7) is 2.04. The highest BCUT2D eigenvalue weighted by molar-refractivity contribution is 7.26. The summed E-state index contributed by atoms with van der Waals surface area (Å²) in [5, 5.41) is 0. The van der Waals surface area contributed by atoms with Crippen molar-refractivity contribution in [2.75, 3.05) is 0 Å². The average Bonchev–Trinajstić information content (AvgIpc) is 3.07. The Kier molecular flexibility index (Phi) is 2.52. The Bertz CT molecular complexity index is 839. The maximum Gasteiger partial charge on any atom is 0.120 e. The van der Waals surface area contributed by atoms with Crippen LogP contribution >= 0.6 is 9.24 Å². The third kappa shape index (κ3) is 1.65. The predicted molar refractivity (Wildman–Crippen MR) is 90.7 cm³/mol. The summed E-state index contributed by atoms with van der Waals surface area (Å²) in [5.41, 5.74) is 9.28. The molecule has 22 heavy (non-hydrogen) atoms.